The molecule has 0 radical (unpaired) electrons. The van der Waals surface area contributed by atoms with Crippen molar-refractivity contribution in [2.75, 3.05) is 11.9 Å². The Hall–Kier alpha value is -2.75. The lowest BCUT2D eigenvalue weighted by atomic mass is 10.1. The molecule has 1 amide bonds. The van der Waals surface area contributed by atoms with Crippen molar-refractivity contribution in [1.29, 1.82) is 0 Å². The maximum absolute atomic E-state index is 12.7. The summed E-state index contributed by atoms with van der Waals surface area (Å²) in [5, 5.41) is 10.3. The molecule has 1 aromatic heterocycles. The summed E-state index contributed by atoms with van der Waals surface area (Å²) in [5.41, 5.74) is 2.97. The van der Waals surface area contributed by atoms with Gasteiger partial charge in [-0.2, -0.15) is 0 Å². The average molecular weight is 432 g/mol. The summed E-state index contributed by atoms with van der Waals surface area (Å²) >= 11 is 1.35. The van der Waals surface area contributed by atoms with Crippen LogP contribution in [0.2, 0.25) is 0 Å². The molecule has 2 aromatic carbocycles. The lowest BCUT2D eigenvalue weighted by molar-refractivity contribution is 0.102. The number of ether oxygens (including phenoxy) is 1. The number of benzene rings is 2. The number of carbonyl (C=O) groups excluding carboxylic acids is 1. The fourth-order valence-electron chi connectivity index (χ4n) is 2.68. The molecule has 7 nitrogen and oxygen atoms in total. The molecule has 1 heterocycles. The fourth-order valence-corrected chi connectivity index (χ4v) is 4.11. The predicted molar refractivity (Wildman–Crippen MR) is 114 cm³/mol. The van der Waals surface area contributed by atoms with Crippen LogP contribution >= 0.6 is 11.3 Å². The second-order valence-electron chi connectivity index (χ2n) is 6.41. The van der Waals surface area contributed by atoms with Gasteiger partial charge in [0.05, 0.1) is 11.5 Å². The van der Waals surface area contributed by atoms with Crippen molar-refractivity contribution >= 4 is 33.0 Å². The monoisotopic (exact) mass is 431 g/mol. The first-order valence-corrected chi connectivity index (χ1v) is 11.3. The van der Waals surface area contributed by atoms with E-state index >= 15 is 0 Å². The number of nitrogens with zero attached hydrogens (tertiary/aromatic N) is 1. The summed E-state index contributed by atoms with van der Waals surface area (Å²) in [5.74, 6) is 0.346. The number of thiazole rings is 1. The largest absolute Gasteiger partial charge is 0.494 e. The van der Waals surface area contributed by atoms with Gasteiger partial charge in [0, 0.05) is 16.6 Å². The Morgan fingerprint density at radius 2 is 1.90 bits per heavy atom. The van der Waals surface area contributed by atoms with Gasteiger partial charge in [0.25, 0.3) is 5.91 Å². The number of amides is 1. The predicted octanol–water partition coefficient (Wildman–Crippen LogP) is 3.73. The van der Waals surface area contributed by atoms with Gasteiger partial charge in [0.15, 0.2) is 0 Å². The van der Waals surface area contributed by atoms with E-state index in [-0.39, 0.29) is 10.6 Å². The molecular formula is C20H21N3O4S2. The third-order valence-corrected chi connectivity index (χ3v) is 6.15. The van der Waals surface area contributed by atoms with E-state index in [1.54, 1.807) is 19.2 Å². The van der Waals surface area contributed by atoms with E-state index in [0.29, 0.717) is 22.9 Å². The average Bonchev–Trinajstić information content (AvgIpc) is 3.15. The van der Waals surface area contributed by atoms with Crippen molar-refractivity contribution in [2.24, 2.45) is 5.14 Å². The molecule has 0 aliphatic rings. The zero-order valence-corrected chi connectivity index (χ0v) is 17.9. The Morgan fingerprint density at radius 3 is 2.52 bits per heavy atom. The second kappa shape index (κ2) is 8.32. The molecule has 0 bridgehead atoms. The zero-order chi connectivity index (χ0) is 21.2. The minimum atomic E-state index is -3.88. The first-order chi connectivity index (χ1) is 13.7. The molecule has 0 aliphatic carbocycles. The van der Waals surface area contributed by atoms with Gasteiger partial charge >= 0.3 is 0 Å². The van der Waals surface area contributed by atoms with Crippen molar-refractivity contribution < 1.29 is 17.9 Å². The van der Waals surface area contributed by atoms with Crippen molar-refractivity contribution in [3.63, 3.8) is 0 Å². The Morgan fingerprint density at radius 1 is 1.21 bits per heavy atom. The number of nitrogens with two attached hydrogens (primary N) is 1. The fraction of sp³-hybridized carbons (Fsp3) is 0.200. The molecular weight excluding hydrogens is 410 g/mol. The molecule has 9 heteroatoms. The summed E-state index contributed by atoms with van der Waals surface area (Å²) in [4.78, 5) is 17.0. The number of hydrogen-bond acceptors (Lipinski definition) is 6. The third-order valence-electron chi connectivity index (χ3n) is 4.37. The van der Waals surface area contributed by atoms with Crippen LogP contribution in [-0.2, 0) is 10.0 Å². The Kier molecular flexibility index (Phi) is 6.02. The molecule has 0 spiro atoms. The molecule has 0 aliphatic heterocycles. The van der Waals surface area contributed by atoms with Crippen LogP contribution in [0.15, 0.2) is 46.7 Å². The van der Waals surface area contributed by atoms with Gasteiger partial charge in [0.1, 0.15) is 16.5 Å². The van der Waals surface area contributed by atoms with Gasteiger partial charge in [-0.25, -0.2) is 18.5 Å². The van der Waals surface area contributed by atoms with Crippen LogP contribution in [0, 0.1) is 13.8 Å². The van der Waals surface area contributed by atoms with Gasteiger partial charge in [0.2, 0.25) is 10.0 Å². The van der Waals surface area contributed by atoms with Crippen LogP contribution in [-0.4, -0.2) is 25.9 Å². The molecule has 0 saturated heterocycles. The SMILES string of the molecule is CCOc1ccc(-c2nc(C(=O)Nc3cc(S(N)(=O)=O)cc(C)c3C)cs2)cc1. The van der Waals surface area contributed by atoms with E-state index in [1.807, 2.05) is 31.2 Å². The highest BCUT2D eigenvalue weighted by Crippen LogP contribution is 2.27. The number of sulfonamides is 1. The zero-order valence-electron chi connectivity index (χ0n) is 16.2. The number of anilines is 1. The lowest BCUT2D eigenvalue weighted by Crippen LogP contribution is -2.16. The molecule has 152 valence electrons. The Labute approximate surface area is 173 Å². The van der Waals surface area contributed by atoms with E-state index in [2.05, 4.69) is 10.3 Å². The summed E-state index contributed by atoms with van der Waals surface area (Å²) in [6.45, 7) is 6.06. The van der Waals surface area contributed by atoms with Crippen LogP contribution in [0.5, 0.6) is 5.75 Å². The number of nitrogens with one attached hydrogen (secondary N) is 1. The number of carbonyl (C=O) groups is 1. The molecule has 0 unspecified atom stereocenters. The number of hydrogen-bond donors (Lipinski definition) is 2. The smallest absolute Gasteiger partial charge is 0.275 e. The van der Waals surface area contributed by atoms with Crippen molar-refractivity contribution in [3.8, 4) is 16.3 Å². The first kappa shape index (κ1) is 21.0. The Bertz CT molecular complexity index is 1150. The van der Waals surface area contributed by atoms with E-state index in [1.165, 1.54) is 23.5 Å². The van der Waals surface area contributed by atoms with Gasteiger partial charge in [-0.1, -0.05) is 0 Å². The molecule has 3 aromatic rings. The molecule has 29 heavy (non-hydrogen) atoms. The van der Waals surface area contributed by atoms with E-state index in [4.69, 9.17) is 9.88 Å². The molecule has 3 N–H and O–H groups in total. The van der Waals surface area contributed by atoms with Crippen LogP contribution in [0.3, 0.4) is 0 Å². The second-order valence-corrected chi connectivity index (χ2v) is 8.83. The maximum atomic E-state index is 12.7. The summed E-state index contributed by atoms with van der Waals surface area (Å²) < 4.78 is 28.8. The topological polar surface area (TPSA) is 111 Å². The number of primary sulfonamides is 1. The highest BCUT2D eigenvalue weighted by molar-refractivity contribution is 7.89. The van der Waals surface area contributed by atoms with E-state index in [9.17, 15) is 13.2 Å². The van der Waals surface area contributed by atoms with Crippen molar-refractivity contribution in [1.82, 2.24) is 4.98 Å². The number of aromatic nitrogens is 1. The summed E-state index contributed by atoms with van der Waals surface area (Å²) in [6.07, 6.45) is 0. The molecule has 3 rings (SSSR count). The van der Waals surface area contributed by atoms with Crippen LogP contribution in [0.25, 0.3) is 10.6 Å². The molecule has 0 atom stereocenters. The van der Waals surface area contributed by atoms with Crippen LogP contribution in [0.1, 0.15) is 28.5 Å². The van der Waals surface area contributed by atoms with Crippen LogP contribution in [0.4, 0.5) is 5.69 Å². The van der Waals surface area contributed by atoms with Gasteiger partial charge in [-0.05, 0) is 68.3 Å². The van der Waals surface area contributed by atoms with Crippen molar-refractivity contribution in [3.05, 3.63) is 58.6 Å². The number of rotatable bonds is 6. The normalized spacial score (nSPS) is 11.3. The maximum Gasteiger partial charge on any atom is 0.275 e. The number of aryl methyl sites for hydroxylation is 1. The van der Waals surface area contributed by atoms with E-state index in [0.717, 1.165) is 16.9 Å². The van der Waals surface area contributed by atoms with Gasteiger partial charge in [-0.15, -0.1) is 11.3 Å². The third kappa shape index (κ3) is 4.81. The van der Waals surface area contributed by atoms with Crippen molar-refractivity contribution in [2.45, 2.75) is 25.7 Å². The molecule has 0 fully saturated rings. The standard InChI is InChI=1S/C20H21N3O4S2/c1-4-27-15-7-5-14(6-8-15)20-23-18(11-28-20)19(24)22-17-10-16(29(21,25)26)9-12(2)13(17)3/h5-11H,4H2,1-3H3,(H,22,24)(H2,21,25,26). The Balaban J connectivity index is 1.83. The minimum absolute atomic E-state index is 0.0516. The molecule has 0 saturated carbocycles. The highest BCUT2D eigenvalue weighted by Gasteiger charge is 2.17. The van der Waals surface area contributed by atoms with Gasteiger partial charge in [-0.3, -0.25) is 4.79 Å². The van der Waals surface area contributed by atoms with Crippen LogP contribution < -0.4 is 15.2 Å². The summed E-state index contributed by atoms with van der Waals surface area (Å²) in [7, 11) is -3.88. The lowest BCUT2D eigenvalue weighted by Gasteiger charge is -2.12. The van der Waals surface area contributed by atoms with E-state index < -0.39 is 15.9 Å². The first-order valence-electron chi connectivity index (χ1n) is 8.83. The highest BCUT2D eigenvalue weighted by atomic mass is 32.2. The minimum Gasteiger partial charge on any atom is -0.494 e. The summed E-state index contributed by atoms with van der Waals surface area (Å²) in [6, 6.07) is 10.3. The van der Waals surface area contributed by atoms with Gasteiger partial charge < -0.3 is 10.1 Å². The quantitative estimate of drug-likeness (QED) is 0.618.